The summed E-state index contributed by atoms with van der Waals surface area (Å²) in [7, 11) is 0. The molecule has 0 aromatic heterocycles. The van der Waals surface area contributed by atoms with Crippen LogP contribution in [0.4, 0.5) is 0 Å². The molecule has 1 fully saturated rings. The minimum Gasteiger partial charge on any atom is -0.486 e. The van der Waals surface area contributed by atoms with Crippen molar-refractivity contribution in [2.75, 3.05) is 45.9 Å². The highest BCUT2D eigenvalue weighted by atomic mass is 35.5. The van der Waals surface area contributed by atoms with Crippen molar-refractivity contribution in [1.82, 2.24) is 15.5 Å². The molecule has 1 amide bonds. The summed E-state index contributed by atoms with van der Waals surface area (Å²) >= 11 is 6.30. The van der Waals surface area contributed by atoms with Crippen LogP contribution in [-0.2, 0) is 11.2 Å². The fraction of sp³-hybridized carbons (Fsp3) is 0.600. The molecule has 0 saturated carbocycles. The highest BCUT2D eigenvalue weighted by Crippen LogP contribution is 2.38. The molecule has 2 N–H and O–H groups in total. The Balaban J connectivity index is 1.45. The van der Waals surface area contributed by atoms with Crippen LogP contribution in [0.5, 0.6) is 11.5 Å². The molecule has 2 heterocycles. The largest absolute Gasteiger partial charge is 0.486 e. The first kappa shape index (κ1) is 20.6. The number of amides is 1. The number of guanidine groups is 1. The molecule has 0 atom stereocenters. The minimum atomic E-state index is 0.270. The van der Waals surface area contributed by atoms with Crippen molar-refractivity contribution in [1.29, 1.82) is 0 Å². The first-order valence-electron chi connectivity index (χ1n) is 10.1. The van der Waals surface area contributed by atoms with Crippen molar-refractivity contribution in [3.8, 4) is 11.5 Å². The van der Waals surface area contributed by atoms with Crippen LogP contribution in [0, 0.1) is 0 Å². The lowest BCUT2D eigenvalue weighted by atomic mass is 10.1. The zero-order valence-electron chi connectivity index (χ0n) is 16.4. The molecular formula is C20H29ClN4O3. The van der Waals surface area contributed by atoms with Gasteiger partial charge in [0.15, 0.2) is 17.5 Å². The van der Waals surface area contributed by atoms with Crippen LogP contribution in [0.15, 0.2) is 17.1 Å². The first-order chi connectivity index (χ1) is 13.7. The molecule has 28 heavy (non-hydrogen) atoms. The predicted octanol–water partition coefficient (Wildman–Crippen LogP) is 2.22. The number of hydrogen-bond donors (Lipinski definition) is 2. The van der Waals surface area contributed by atoms with Crippen LogP contribution >= 0.6 is 11.6 Å². The topological polar surface area (TPSA) is 75.2 Å². The Kier molecular flexibility index (Phi) is 7.65. The molecule has 3 rings (SSSR count). The lowest BCUT2D eigenvalue weighted by Crippen LogP contribution is -2.38. The van der Waals surface area contributed by atoms with E-state index in [1.54, 1.807) is 0 Å². The molecule has 7 nitrogen and oxygen atoms in total. The number of carbonyl (C=O) groups excluding carboxylic acids is 1. The zero-order chi connectivity index (χ0) is 19.8. The van der Waals surface area contributed by atoms with E-state index in [4.69, 9.17) is 21.1 Å². The maximum atomic E-state index is 11.6. The van der Waals surface area contributed by atoms with E-state index in [-0.39, 0.29) is 5.91 Å². The molecular weight excluding hydrogens is 380 g/mol. The van der Waals surface area contributed by atoms with E-state index in [2.05, 4.69) is 15.6 Å². The molecule has 0 unspecified atom stereocenters. The predicted molar refractivity (Wildman–Crippen MR) is 111 cm³/mol. The van der Waals surface area contributed by atoms with Crippen LogP contribution in [-0.4, -0.2) is 62.7 Å². The standard InChI is InChI=1S/C20H29ClN4O3/c1-2-22-20(23-7-4-10-25-9-3-5-18(25)26)24-8-6-15-13-16(21)19-17(14-15)27-11-12-28-19/h13-14H,2-12H2,1H3,(H2,22,23,24). The molecule has 1 saturated heterocycles. The molecule has 2 aliphatic rings. The molecule has 1 aromatic carbocycles. The number of nitrogens with one attached hydrogen (secondary N) is 2. The average Bonchev–Trinajstić information content (AvgIpc) is 3.10. The van der Waals surface area contributed by atoms with Gasteiger partial charge in [-0.2, -0.15) is 0 Å². The molecule has 2 aliphatic heterocycles. The van der Waals surface area contributed by atoms with E-state index in [9.17, 15) is 4.79 Å². The molecule has 8 heteroatoms. The zero-order valence-corrected chi connectivity index (χ0v) is 17.2. The first-order valence-corrected chi connectivity index (χ1v) is 10.4. The quantitative estimate of drug-likeness (QED) is 0.392. The maximum Gasteiger partial charge on any atom is 0.222 e. The summed E-state index contributed by atoms with van der Waals surface area (Å²) in [4.78, 5) is 18.2. The Hall–Kier alpha value is -2.15. The van der Waals surface area contributed by atoms with Gasteiger partial charge in [0.25, 0.3) is 0 Å². The number of aliphatic imine (C=N–C) groups is 1. The Morgan fingerprint density at radius 1 is 1.29 bits per heavy atom. The smallest absolute Gasteiger partial charge is 0.222 e. The van der Waals surface area contributed by atoms with E-state index in [1.807, 2.05) is 24.0 Å². The fourth-order valence-corrected chi connectivity index (χ4v) is 3.66. The van der Waals surface area contributed by atoms with E-state index in [1.165, 1.54) is 0 Å². The SMILES string of the molecule is CCNC(=NCCCN1CCCC1=O)NCCc1cc(Cl)c2c(c1)OCCO2. The summed E-state index contributed by atoms with van der Waals surface area (Å²) in [6, 6.07) is 3.91. The molecule has 0 spiro atoms. The van der Waals surface area contributed by atoms with Gasteiger partial charge in [-0.3, -0.25) is 9.79 Å². The lowest BCUT2D eigenvalue weighted by molar-refractivity contribution is -0.127. The van der Waals surface area contributed by atoms with Gasteiger partial charge in [-0.15, -0.1) is 0 Å². The maximum absolute atomic E-state index is 11.6. The van der Waals surface area contributed by atoms with E-state index < -0.39 is 0 Å². The summed E-state index contributed by atoms with van der Waals surface area (Å²) in [6.45, 7) is 7.01. The van der Waals surface area contributed by atoms with Crippen LogP contribution < -0.4 is 20.1 Å². The fourth-order valence-electron chi connectivity index (χ4n) is 3.37. The van der Waals surface area contributed by atoms with Gasteiger partial charge in [0.2, 0.25) is 5.91 Å². The van der Waals surface area contributed by atoms with E-state index in [0.717, 1.165) is 57.0 Å². The summed E-state index contributed by atoms with van der Waals surface area (Å²) < 4.78 is 11.2. The van der Waals surface area contributed by atoms with Gasteiger partial charge in [-0.05, 0) is 43.9 Å². The molecule has 0 radical (unpaired) electrons. The van der Waals surface area contributed by atoms with Gasteiger partial charge >= 0.3 is 0 Å². The van der Waals surface area contributed by atoms with Crippen molar-refractivity contribution in [3.05, 3.63) is 22.7 Å². The lowest BCUT2D eigenvalue weighted by Gasteiger charge is -2.20. The van der Waals surface area contributed by atoms with Gasteiger partial charge in [-0.25, -0.2) is 0 Å². The number of rotatable bonds is 8. The van der Waals surface area contributed by atoms with Gasteiger partial charge in [0, 0.05) is 39.1 Å². The van der Waals surface area contributed by atoms with E-state index >= 15 is 0 Å². The number of fused-ring (bicyclic) bond motifs is 1. The number of ether oxygens (including phenoxy) is 2. The number of nitrogens with zero attached hydrogens (tertiary/aromatic N) is 2. The van der Waals surface area contributed by atoms with Crippen LogP contribution in [0.3, 0.4) is 0 Å². The third-order valence-corrected chi connectivity index (χ3v) is 5.02. The average molecular weight is 409 g/mol. The number of likely N-dealkylation sites (tertiary alicyclic amines) is 1. The van der Waals surface area contributed by atoms with E-state index in [0.29, 0.717) is 42.7 Å². The second-order valence-corrected chi connectivity index (χ2v) is 7.28. The van der Waals surface area contributed by atoms with Crippen LogP contribution in [0.2, 0.25) is 5.02 Å². The summed E-state index contributed by atoms with van der Waals surface area (Å²) in [5.41, 5.74) is 1.09. The normalized spacial score (nSPS) is 16.4. The van der Waals surface area contributed by atoms with Gasteiger partial charge in [-0.1, -0.05) is 11.6 Å². The molecule has 1 aromatic rings. The second-order valence-electron chi connectivity index (χ2n) is 6.88. The monoisotopic (exact) mass is 408 g/mol. The molecule has 154 valence electrons. The van der Waals surface area contributed by atoms with Crippen molar-refractivity contribution >= 4 is 23.5 Å². The van der Waals surface area contributed by atoms with Gasteiger partial charge in [0.1, 0.15) is 13.2 Å². The Bertz CT molecular complexity index is 711. The van der Waals surface area contributed by atoms with Crippen molar-refractivity contribution in [3.63, 3.8) is 0 Å². The number of carbonyl (C=O) groups is 1. The number of halogens is 1. The highest BCUT2D eigenvalue weighted by Gasteiger charge is 2.19. The highest BCUT2D eigenvalue weighted by molar-refractivity contribution is 6.32. The second kappa shape index (κ2) is 10.4. The minimum absolute atomic E-state index is 0.270. The number of benzene rings is 1. The van der Waals surface area contributed by atoms with Crippen LogP contribution in [0.25, 0.3) is 0 Å². The Morgan fingerprint density at radius 2 is 2.14 bits per heavy atom. The van der Waals surface area contributed by atoms with Crippen molar-refractivity contribution in [2.45, 2.75) is 32.6 Å². The number of hydrogen-bond acceptors (Lipinski definition) is 4. The summed E-state index contributed by atoms with van der Waals surface area (Å²) in [5, 5.41) is 7.19. The van der Waals surface area contributed by atoms with Crippen molar-refractivity contribution in [2.24, 2.45) is 4.99 Å². The third kappa shape index (κ3) is 5.67. The summed E-state index contributed by atoms with van der Waals surface area (Å²) in [5.74, 6) is 2.41. The van der Waals surface area contributed by atoms with Gasteiger partial charge < -0.3 is 25.0 Å². The van der Waals surface area contributed by atoms with Crippen LogP contribution in [0.1, 0.15) is 31.7 Å². The molecule has 0 aliphatic carbocycles. The van der Waals surface area contributed by atoms with Gasteiger partial charge in [0.05, 0.1) is 5.02 Å². The Labute approximate surface area is 171 Å². The third-order valence-electron chi connectivity index (χ3n) is 4.73. The van der Waals surface area contributed by atoms with Crippen molar-refractivity contribution < 1.29 is 14.3 Å². The molecule has 0 bridgehead atoms. The Morgan fingerprint density at radius 3 is 2.93 bits per heavy atom. The summed E-state index contributed by atoms with van der Waals surface area (Å²) in [6.07, 6.45) is 3.34.